The molecule has 0 saturated heterocycles. The number of nitrogens with one attached hydrogen (secondary N) is 1. The lowest BCUT2D eigenvalue weighted by Crippen LogP contribution is -2.47. The van der Waals surface area contributed by atoms with E-state index in [0.717, 1.165) is 22.5 Å². The summed E-state index contributed by atoms with van der Waals surface area (Å²) in [6.45, 7) is -0.261. The van der Waals surface area contributed by atoms with Crippen LogP contribution >= 0.6 is 11.6 Å². The molecule has 0 radical (unpaired) electrons. The van der Waals surface area contributed by atoms with Crippen molar-refractivity contribution < 1.29 is 35.5 Å². The molecular weight excluding hydrogens is 686 g/mol. The summed E-state index contributed by atoms with van der Waals surface area (Å²) in [5.41, 5.74) is 0.577. The zero-order valence-corrected chi connectivity index (χ0v) is 28.8. The summed E-state index contributed by atoms with van der Waals surface area (Å²) in [5, 5.41) is 3.26. The van der Waals surface area contributed by atoms with E-state index in [2.05, 4.69) is 15.3 Å². The molecule has 262 valence electrons. The van der Waals surface area contributed by atoms with Gasteiger partial charge in [-0.05, 0) is 75.2 Å². The number of hydrogen-bond donors (Lipinski definition) is 1. The second-order valence-corrected chi connectivity index (χ2v) is 14.2. The number of sulfonamides is 1. The van der Waals surface area contributed by atoms with Crippen LogP contribution in [0.4, 0.5) is 29.1 Å². The van der Waals surface area contributed by atoms with Crippen molar-refractivity contribution in [2.75, 3.05) is 37.9 Å². The van der Waals surface area contributed by atoms with Crippen molar-refractivity contribution in [3.63, 3.8) is 0 Å². The predicted molar refractivity (Wildman–Crippen MR) is 179 cm³/mol. The molecule has 1 unspecified atom stereocenters. The van der Waals surface area contributed by atoms with Gasteiger partial charge in [0, 0.05) is 36.0 Å². The van der Waals surface area contributed by atoms with Gasteiger partial charge in [0.1, 0.15) is 34.4 Å². The van der Waals surface area contributed by atoms with Crippen molar-refractivity contribution in [1.29, 1.82) is 0 Å². The SMILES string of the molecule is COc1ccc(CN(c2ccncn2)S(=O)(=O)c2cc(Cl)c(N[C@H]3CCC(c4cccc(C(F)(F)F)c4)C[C@@H]3N(C)C)cc2F)c(OC)c1. The first kappa shape index (κ1) is 36.1. The molecule has 5 rings (SSSR count). The van der Waals surface area contributed by atoms with Gasteiger partial charge in [0.2, 0.25) is 0 Å². The van der Waals surface area contributed by atoms with Crippen LogP contribution in [0.25, 0.3) is 0 Å². The average Bonchev–Trinajstić information content (AvgIpc) is 3.08. The standard InChI is InChI=1S/C34H36ClF4N5O4S/c1-43(2)30-15-22(21-6-5-7-24(14-21)34(37,38)39)9-11-28(30)42-29-18-27(36)32(17-26(29)35)49(45,46)44(33-12-13-40-20-41-33)19-23-8-10-25(47-3)16-31(23)48-4/h5-8,10,12-14,16-18,20,22,28,30,42H,9,11,15,19H2,1-4H3/t22?,28-,30-/m0/s1. The lowest BCUT2D eigenvalue weighted by atomic mass is 9.78. The Hall–Kier alpha value is -4.14. The number of aromatic nitrogens is 2. The molecule has 1 saturated carbocycles. The minimum Gasteiger partial charge on any atom is -0.497 e. The molecule has 1 N–H and O–H groups in total. The largest absolute Gasteiger partial charge is 0.497 e. The molecule has 1 aliphatic carbocycles. The first-order valence-electron chi connectivity index (χ1n) is 15.3. The number of halogens is 5. The van der Waals surface area contributed by atoms with Gasteiger partial charge in [-0.1, -0.05) is 29.8 Å². The number of benzene rings is 3. The zero-order chi connectivity index (χ0) is 35.5. The van der Waals surface area contributed by atoms with Gasteiger partial charge in [-0.25, -0.2) is 27.1 Å². The van der Waals surface area contributed by atoms with E-state index in [0.29, 0.717) is 41.9 Å². The molecule has 0 bridgehead atoms. The molecule has 1 heterocycles. The normalized spacial score (nSPS) is 18.3. The lowest BCUT2D eigenvalue weighted by Gasteiger charge is -2.41. The van der Waals surface area contributed by atoms with E-state index in [4.69, 9.17) is 21.1 Å². The van der Waals surface area contributed by atoms with Gasteiger partial charge in [-0.2, -0.15) is 13.2 Å². The van der Waals surface area contributed by atoms with Gasteiger partial charge < -0.3 is 19.7 Å². The van der Waals surface area contributed by atoms with Crippen LogP contribution < -0.4 is 19.1 Å². The lowest BCUT2D eigenvalue weighted by molar-refractivity contribution is -0.137. The Morgan fingerprint density at radius 2 is 1.80 bits per heavy atom. The number of methoxy groups -OCH3 is 2. The van der Waals surface area contributed by atoms with E-state index in [1.807, 2.05) is 19.0 Å². The number of rotatable bonds is 11. The first-order chi connectivity index (χ1) is 23.2. The molecule has 0 amide bonds. The zero-order valence-electron chi connectivity index (χ0n) is 27.2. The third kappa shape index (κ3) is 8.03. The third-order valence-corrected chi connectivity index (χ3v) is 10.8. The Kier molecular flexibility index (Phi) is 10.9. The van der Waals surface area contributed by atoms with Crippen LogP contribution in [0.5, 0.6) is 11.5 Å². The summed E-state index contributed by atoms with van der Waals surface area (Å²) in [4.78, 5) is 9.29. The summed E-state index contributed by atoms with van der Waals surface area (Å²) in [6.07, 6.45) is -0.213. The van der Waals surface area contributed by atoms with Gasteiger partial charge in [-0.15, -0.1) is 0 Å². The number of nitrogens with zero attached hydrogens (tertiary/aromatic N) is 4. The summed E-state index contributed by atoms with van der Waals surface area (Å²) < 4.78 is 96.0. The first-order valence-corrected chi connectivity index (χ1v) is 17.1. The molecule has 3 atom stereocenters. The third-order valence-electron chi connectivity index (χ3n) is 8.73. The molecule has 9 nitrogen and oxygen atoms in total. The highest BCUT2D eigenvalue weighted by Crippen LogP contribution is 2.40. The van der Waals surface area contributed by atoms with Crippen molar-refractivity contribution in [1.82, 2.24) is 14.9 Å². The minimum atomic E-state index is -4.59. The van der Waals surface area contributed by atoms with E-state index < -0.39 is 32.5 Å². The van der Waals surface area contributed by atoms with Gasteiger partial charge in [0.05, 0.1) is 37.0 Å². The summed E-state index contributed by atoms with van der Waals surface area (Å²) >= 11 is 6.64. The van der Waals surface area contributed by atoms with Crippen molar-refractivity contribution in [2.45, 2.75) is 54.9 Å². The Labute approximate surface area is 287 Å². The van der Waals surface area contributed by atoms with Crippen LogP contribution in [0.15, 0.2) is 78.1 Å². The van der Waals surface area contributed by atoms with E-state index in [1.54, 1.807) is 24.3 Å². The van der Waals surface area contributed by atoms with Crippen molar-refractivity contribution in [2.24, 2.45) is 0 Å². The average molecular weight is 722 g/mol. The number of alkyl halides is 3. The molecule has 15 heteroatoms. The molecule has 1 aliphatic rings. The van der Waals surface area contributed by atoms with E-state index in [1.165, 1.54) is 44.9 Å². The maximum atomic E-state index is 15.9. The molecule has 0 aliphatic heterocycles. The maximum Gasteiger partial charge on any atom is 0.416 e. The number of anilines is 2. The second kappa shape index (κ2) is 14.8. The molecule has 3 aromatic carbocycles. The Balaban J connectivity index is 1.42. The highest BCUT2D eigenvalue weighted by molar-refractivity contribution is 7.92. The smallest absolute Gasteiger partial charge is 0.416 e. The van der Waals surface area contributed by atoms with E-state index in [9.17, 15) is 21.6 Å². The fourth-order valence-corrected chi connectivity index (χ4v) is 7.93. The summed E-state index contributed by atoms with van der Waals surface area (Å²) in [7, 11) is 2.07. The monoisotopic (exact) mass is 721 g/mol. The van der Waals surface area contributed by atoms with Crippen molar-refractivity contribution in [3.05, 3.63) is 101 Å². The van der Waals surface area contributed by atoms with Gasteiger partial charge in [0.15, 0.2) is 0 Å². The number of hydrogen-bond acceptors (Lipinski definition) is 8. The fourth-order valence-electron chi connectivity index (χ4n) is 6.17. The molecule has 1 aromatic heterocycles. The highest BCUT2D eigenvalue weighted by Gasteiger charge is 2.36. The summed E-state index contributed by atoms with van der Waals surface area (Å²) in [6, 6.07) is 13.4. The van der Waals surface area contributed by atoms with Gasteiger partial charge >= 0.3 is 6.18 Å². The number of ether oxygens (including phenoxy) is 2. The van der Waals surface area contributed by atoms with Gasteiger partial charge in [-0.3, -0.25) is 0 Å². The number of likely N-dealkylation sites (N-methyl/N-ethyl adjacent to an activating group) is 1. The van der Waals surface area contributed by atoms with Crippen LogP contribution in [0, 0.1) is 5.82 Å². The maximum absolute atomic E-state index is 15.9. The van der Waals surface area contributed by atoms with Crippen molar-refractivity contribution in [3.8, 4) is 11.5 Å². The Bertz CT molecular complexity index is 1880. The van der Waals surface area contributed by atoms with E-state index >= 15 is 4.39 Å². The van der Waals surface area contributed by atoms with Crippen LogP contribution in [0.2, 0.25) is 5.02 Å². The van der Waals surface area contributed by atoms with Crippen LogP contribution in [-0.4, -0.2) is 63.7 Å². The topological polar surface area (TPSA) is 96.9 Å². The molecule has 4 aromatic rings. The molecule has 1 fully saturated rings. The highest BCUT2D eigenvalue weighted by atomic mass is 35.5. The molecule has 49 heavy (non-hydrogen) atoms. The van der Waals surface area contributed by atoms with Crippen LogP contribution in [-0.2, 0) is 22.7 Å². The Morgan fingerprint density at radius 1 is 1.02 bits per heavy atom. The quantitative estimate of drug-likeness (QED) is 0.160. The fraction of sp³-hybridized carbons (Fsp3) is 0.353. The van der Waals surface area contributed by atoms with Gasteiger partial charge in [0.25, 0.3) is 10.0 Å². The Morgan fingerprint density at radius 3 is 2.45 bits per heavy atom. The van der Waals surface area contributed by atoms with Crippen LogP contribution in [0.1, 0.15) is 41.9 Å². The molecule has 0 spiro atoms. The minimum absolute atomic E-state index is 0.00282. The second-order valence-electron chi connectivity index (χ2n) is 11.9. The van der Waals surface area contributed by atoms with E-state index in [-0.39, 0.29) is 41.1 Å². The van der Waals surface area contributed by atoms with Crippen LogP contribution in [0.3, 0.4) is 0 Å². The molecular formula is C34H36ClF4N5O4S. The van der Waals surface area contributed by atoms with Crippen molar-refractivity contribution >= 4 is 33.1 Å². The summed E-state index contributed by atoms with van der Waals surface area (Å²) in [5.74, 6) is -0.309. The predicted octanol–water partition coefficient (Wildman–Crippen LogP) is 7.38.